The van der Waals surface area contributed by atoms with Crippen LogP contribution in [0, 0.1) is 5.82 Å². The first-order chi connectivity index (χ1) is 11.8. The molecule has 0 saturated heterocycles. The zero-order valence-electron chi connectivity index (χ0n) is 14.5. The van der Waals surface area contributed by atoms with E-state index in [2.05, 4.69) is 18.5 Å². The molecule has 0 aliphatic carbocycles. The number of rotatable bonds is 8. The van der Waals surface area contributed by atoms with E-state index in [0.717, 1.165) is 6.42 Å². The third kappa shape index (κ3) is 5.28. The van der Waals surface area contributed by atoms with Crippen LogP contribution >= 0.6 is 23.4 Å². The van der Waals surface area contributed by atoms with Gasteiger partial charge in [0.1, 0.15) is 0 Å². The average Bonchev–Trinajstić information content (AvgIpc) is 2.59. The number of carbonyl (C=O) groups excluding carboxylic acids is 1. The lowest BCUT2D eigenvalue weighted by atomic mass is 10.1. The van der Waals surface area contributed by atoms with Crippen molar-refractivity contribution in [3.8, 4) is 0 Å². The molecule has 0 aromatic heterocycles. The van der Waals surface area contributed by atoms with Crippen molar-refractivity contribution >= 4 is 40.7 Å². The van der Waals surface area contributed by atoms with Crippen LogP contribution in [0.25, 0.3) is 0 Å². The normalized spacial score (nSPS) is 12.4. The first-order valence-electron chi connectivity index (χ1n) is 7.58. The number of benzene rings is 1. The van der Waals surface area contributed by atoms with Gasteiger partial charge in [-0.05, 0) is 18.6 Å². The van der Waals surface area contributed by atoms with E-state index in [1.54, 1.807) is 0 Å². The van der Waals surface area contributed by atoms with Gasteiger partial charge in [-0.25, -0.2) is 9.18 Å². The summed E-state index contributed by atoms with van der Waals surface area (Å²) in [6.45, 7) is 11.2. The maximum atomic E-state index is 14.9. The number of thioether (sulfide) groups is 1. The highest BCUT2D eigenvalue weighted by Gasteiger charge is 2.23. The van der Waals surface area contributed by atoms with Crippen molar-refractivity contribution in [1.29, 1.82) is 0 Å². The van der Waals surface area contributed by atoms with Crippen molar-refractivity contribution < 1.29 is 13.9 Å². The third-order valence-corrected chi connectivity index (χ3v) is 4.94. The number of nitrogens with one attached hydrogen (secondary N) is 1. The minimum atomic E-state index is -0.749. The van der Waals surface area contributed by atoms with Gasteiger partial charge in [-0.15, -0.1) is 11.8 Å². The van der Waals surface area contributed by atoms with E-state index in [4.69, 9.17) is 22.1 Å². The van der Waals surface area contributed by atoms with Crippen molar-refractivity contribution in [1.82, 2.24) is 0 Å². The highest BCUT2D eigenvalue weighted by molar-refractivity contribution is 8.00. The Morgan fingerprint density at radius 2 is 2.24 bits per heavy atom. The Kier molecular flexibility index (Phi) is 8.06. The van der Waals surface area contributed by atoms with Gasteiger partial charge in [-0.1, -0.05) is 44.7 Å². The second-order valence-corrected chi connectivity index (χ2v) is 7.14. The third-order valence-electron chi connectivity index (χ3n) is 3.41. The van der Waals surface area contributed by atoms with Gasteiger partial charge in [0.15, 0.2) is 5.82 Å². The molecule has 0 amide bonds. The molecule has 1 rings (SSSR count). The van der Waals surface area contributed by atoms with Crippen LogP contribution < -0.4 is 11.1 Å². The quantitative estimate of drug-likeness (QED) is 0.275. The molecule has 0 aliphatic heterocycles. The maximum absolute atomic E-state index is 14.9. The molecule has 136 valence electrons. The van der Waals surface area contributed by atoms with E-state index < -0.39 is 11.8 Å². The highest BCUT2D eigenvalue weighted by Crippen LogP contribution is 2.38. The standard InChI is InChI=1S/C18H22ClFN2O2S/c1-6-8-13(11(4)19)22-17-12(18(23)24-5)9-14(16(21)15(17)20)25-10(3)7-2/h6,8-10,22H,1,4,7,21H2,2-3,5H3/b13-8+. The molecule has 1 unspecified atom stereocenters. The van der Waals surface area contributed by atoms with Crippen LogP contribution in [0.1, 0.15) is 30.6 Å². The first kappa shape index (κ1) is 21.1. The number of hydrogen-bond acceptors (Lipinski definition) is 5. The molecule has 3 N–H and O–H groups in total. The summed E-state index contributed by atoms with van der Waals surface area (Å²) in [4.78, 5) is 12.6. The molecule has 1 atom stereocenters. The summed E-state index contributed by atoms with van der Waals surface area (Å²) >= 11 is 7.30. The number of nitrogens with two attached hydrogens (primary N) is 1. The largest absolute Gasteiger partial charge is 0.465 e. The number of esters is 1. The number of anilines is 2. The molecule has 0 aliphatic rings. The fourth-order valence-corrected chi connectivity index (χ4v) is 3.00. The summed E-state index contributed by atoms with van der Waals surface area (Å²) in [5.41, 5.74) is 6.09. The van der Waals surface area contributed by atoms with Gasteiger partial charge in [0.05, 0.1) is 34.8 Å². The molecule has 4 nitrogen and oxygen atoms in total. The predicted octanol–water partition coefficient (Wildman–Crippen LogP) is 5.32. The van der Waals surface area contributed by atoms with Crippen LogP contribution in [-0.4, -0.2) is 18.3 Å². The molecular weight excluding hydrogens is 363 g/mol. The molecule has 0 radical (unpaired) electrons. The molecule has 0 bridgehead atoms. The fraction of sp³-hybridized carbons (Fsp3) is 0.278. The van der Waals surface area contributed by atoms with Gasteiger partial charge in [0.2, 0.25) is 0 Å². The number of methoxy groups -OCH3 is 1. The zero-order chi connectivity index (χ0) is 19.1. The maximum Gasteiger partial charge on any atom is 0.340 e. The van der Waals surface area contributed by atoms with E-state index in [1.807, 2.05) is 13.8 Å². The smallest absolute Gasteiger partial charge is 0.340 e. The van der Waals surface area contributed by atoms with E-state index in [0.29, 0.717) is 10.6 Å². The number of allylic oxidation sites excluding steroid dienone is 3. The Labute approximate surface area is 156 Å². The molecule has 1 aromatic carbocycles. The van der Waals surface area contributed by atoms with Gasteiger partial charge in [0.25, 0.3) is 0 Å². The van der Waals surface area contributed by atoms with Crippen LogP contribution in [0.4, 0.5) is 15.8 Å². The van der Waals surface area contributed by atoms with E-state index >= 15 is 0 Å². The molecule has 7 heteroatoms. The lowest BCUT2D eigenvalue weighted by molar-refractivity contribution is 0.0601. The van der Waals surface area contributed by atoms with Crippen LogP contribution in [0.3, 0.4) is 0 Å². The second kappa shape index (κ2) is 9.53. The molecule has 0 saturated carbocycles. The summed E-state index contributed by atoms with van der Waals surface area (Å²) in [5.74, 6) is -1.44. The number of halogens is 2. The Hall–Kier alpha value is -1.92. The van der Waals surface area contributed by atoms with Gasteiger partial charge >= 0.3 is 5.97 Å². The van der Waals surface area contributed by atoms with Crippen molar-refractivity contribution in [3.63, 3.8) is 0 Å². The lowest BCUT2D eigenvalue weighted by Gasteiger charge is -2.18. The van der Waals surface area contributed by atoms with Gasteiger partial charge in [-0.3, -0.25) is 0 Å². The molecular formula is C18H22ClFN2O2S. The lowest BCUT2D eigenvalue weighted by Crippen LogP contribution is -2.13. The van der Waals surface area contributed by atoms with Gasteiger partial charge in [-0.2, -0.15) is 0 Å². The fourth-order valence-electron chi connectivity index (χ4n) is 1.89. The summed E-state index contributed by atoms with van der Waals surface area (Å²) < 4.78 is 19.7. The Balaban J connectivity index is 3.52. The topological polar surface area (TPSA) is 64.3 Å². The SMILES string of the molecule is C=C/C=C(/Nc1c(C(=O)OC)cc(SC(C)CC)c(N)c1F)C(=C)Cl. The van der Waals surface area contributed by atoms with Crippen LogP contribution in [0.2, 0.25) is 0 Å². The van der Waals surface area contributed by atoms with Gasteiger partial charge < -0.3 is 15.8 Å². The zero-order valence-corrected chi connectivity index (χ0v) is 16.1. The Bertz CT molecular complexity index is 720. The van der Waals surface area contributed by atoms with E-state index in [1.165, 1.54) is 37.1 Å². The number of carbonyl (C=O) groups is 1. The van der Waals surface area contributed by atoms with Crippen molar-refractivity contribution in [2.24, 2.45) is 0 Å². The summed E-state index contributed by atoms with van der Waals surface area (Å²) in [6.07, 6.45) is 3.84. The molecule has 25 heavy (non-hydrogen) atoms. The highest BCUT2D eigenvalue weighted by atomic mass is 35.5. The van der Waals surface area contributed by atoms with Crippen LogP contribution in [0.5, 0.6) is 0 Å². The number of ether oxygens (including phenoxy) is 1. The molecule has 1 aromatic rings. The number of hydrogen-bond donors (Lipinski definition) is 2. The summed E-state index contributed by atoms with van der Waals surface area (Å²) in [6, 6.07) is 1.52. The van der Waals surface area contributed by atoms with E-state index in [-0.39, 0.29) is 27.2 Å². The Morgan fingerprint density at radius 3 is 2.72 bits per heavy atom. The minimum absolute atomic E-state index is 0.0212. The van der Waals surface area contributed by atoms with Crippen molar-refractivity contribution in [2.75, 3.05) is 18.2 Å². The van der Waals surface area contributed by atoms with Gasteiger partial charge in [0, 0.05) is 10.1 Å². The second-order valence-electron chi connectivity index (χ2n) is 5.20. The minimum Gasteiger partial charge on any atom is -0.465 e. The first-order valence-corrected chi connectivity index (χ1v) is 8.83. The van der Waals surface area contributed by atoms with Crippen LogP contribution in [0.15, 0.2) is 47.0 Å². The number of nitrogen functional groups attached to an aromatic ring is 1. The monoisotopic (exact) mass is 384 g/mol. The average molecular weight is 385 g/mol. The molecule has 0 fully saturated rings. The Morgan fingerprint density at radius 1 is 1.60 bits per heavy atom. The summed E-state index contributed by atoms with van der Waals surface area (Å²) in [7, 11) is 1.23. The van der Waals surface area contributed by atoms with Crippen molar-refractivity contribution in [3.05, 3.63) is 53.5 Å². The summed E-state index contributed by atoms with van der Waals surface area (Å²) in [5, 5.41) is 3.10. The molecule has 0 spiro atoms. The molecule has 0 heterocycles. The van der Waals surface area contributed by atoms with E-state index in [9.17, 15) is 9.18 Å². The van der Waals surface area contributed by atoms with Crippen LogP contribution in [-0.2, 0) is 4.74 Å². The van der Waals surface area contributed by atoms with Crippen molar-refractivity contribution in [2.45, 2.75) is 30.4 Å². The predicted molar refractivity (Wildman–Crippen MR) is 105 cm³/mol.